The van der Waals surface area contributed by atoms with E-state index in [4.69, 9.17) is 4.74 Å². The van der Waals surface area contributed by atoms with Crippen LogP contribution in [-0.4, -0.2) is 36.8 Å². The first-order chi connectivity index (χ1) is 8.96. The van der Waals surface area contributed by atoms with E-state index < -0.39 is 18.8 Å². The Kier molecular flexibility index (Phi) is 3.82. The van der Waals surface area contributed by atoms with Crippen LogP contribution in [0.2, 0.25) is 0 Å². The lowest BCUT2D eigenvalue weighted by Gasteiger charge is -2.20. The summed E-state index contributed by atoms with van der Waals surface area (Å²) in [7, 11) is 0. The molecule has 19 heavy (non-hydrogen) atoms. The number of carbonyl (C=O) groups excluding carboxylic acids is 1. The average Bonchev–Trinajstić information content (AvgIpc) is 2.57. The van der Waals surface area contributed by atoms with Crippen LogP contribution in [-0.2, 0) is 6.54 Å². The van der Waals surface area contributed by atoms with E-state index in [9.17, 15) is 18.0 Å². The van der Waals surface area contributed by atoms with Crippen LogP contribution in [0, 0.1) is 0 Å². The number of amides is 2. The van der Waals surface area contributed by atoms with Gasteiger partial charge in [-0.2, -0.15) is 13.2 Å². The number of nitrogens with zero attached hydrogens (tertiary/aromatic N) is 1. The first-order valence-electron chi connectivity index (χ1n) is 5.76. The number of halogens is 3. The van der Waals surface area contributed by atoms with Gasteiger partial charge in [0.05, 0.1) is 13.1 Å². The Balaban J connectivity index is 2.00. The van der Waals surface area contributed by atoms with Crippen LogP contribution in [0.25, 0.3) is 0 Å². The summed E-state index contributed by atoms with van der Waals surface area (Å²) in [6.07, 6.45) is -4.41. The van der Waals surface area contributed by atoms with Gasteiger partial charge in [0.25, 0.3) is 0 Å². The van der Waals surface area contributed by atoms with E-state index in [1.807, 2.05) is 5.32 Å². The highest BCUT2D eigenvalue weighted by atomic mass is 19.4. The number of ether oxygens (including phenoxy) is 1. The minimum Gasteiger partial charge on any atom is -0.491 e. The number of urea groups is 1. The monoisotopic (exact) mass is 274 g/mol. The second-order valence-electron chi connectivity index (χ2n) is 4.15. The second-order valence-corrected chi connectivity index (χ2v) is 4.15. The second kappa shape index (κ2) is 5.38. The van der Waals surface area contributed by atoms with Gasteiger partial charge in [0, 0.05) is 5.56 Å². The Bertz CT molecular complexity index is 463. The molecule has 2 amide bonds. The number of alkyl halides is 3. The van der Waals surface area contributed by atoms with E-state index >= 15 is 0 Å². The van der Waals surface area contributed by atoms with Crippen molar-refractivity contribution in [1.29, 1.82) is 0 Å². The van der Waals surface area contributed by atoms with E-state index in [-0.39, 0.29) is 19.7 Å². The molecule has 0 bridgehead atoms. The van der Waals surface area contributed by atoms with E-state index in [1.54, 1.807) is 24.3 Å². The summed E-state index contributed by atoms with van der Waals surface area (Å²) >= 11 is 0. The van der Waals surface area contributed by atoms with Gasteiger partial charge in [0.1, 0.15) is 18.9 Å². The maximum Gasteiger partial charge on any atom is 0.405 e. The third-order valence-corrected chi connectivity index (χ3v) is 2.68. The summed E-state index contributed by atoms with van der Waals surface area (Å²) in [5.41, 5.74) is 0.780. The zero-order valence-corrected chi connectivity index (χ0v) is 10.0. The summed E-state index contributed by atoms with van der Waals surface area (Å²) in [6.45, 7) is -0.584. The highest BCUT2D eigenvalue weighted by Crippen LogP contribution is 2.22. The maximum absolute atomic E-state index is 12.0. The fourth-order valence-electron chi connectivity index (χ4n) is 1.79. The molecule has 0 spiro atoms. The first kappa shape index (κ1) is 13.5. The highest BCUT2D eigenvalue weighted by Gasteiger charge is 2.29. The van der Waals surface area contributed by atoms with Gasteiger partial charge in [-0.05, 0) is 6.07 Å². The number of hydrogen-bond acceptors (Lipinski definition) is 2. The third kappa shape index (κ3) is 3.77. The summed E-state index contributed by atoms with van der Waals surface area (Å²) in [5, 5.41) is 1.86. The van der Waals surface area contributed by atoms with Crippen LogP contribution in [0.15, 0.2) is 24.3 Å². The average molecular weight is 274 g/mol. The molecule has 0 saturated carbocycles. The number of benzene rings is 1. The molecule has 104 valence electrons. The number of carbonyl (C=O) groups is 1. The van der Waals surface area contributed by atoms with Crippen molar-refractivity contribution in [3.8, 4) is 5.75 Å². The molecule has 1 N–H and O–H groups in total. The minimum atomic E-state index is -4.41. The van der Waals surface area contributed by atoms with Crippen LogP contribution in [0.4, 0.5) is 18.0 Å². The van der Waals surface area contributed by atoms with Gasteiger partial charge in [0.15, 0.2) is 0 Å². The molecule has 2 rings (SSSR count). The van der Waals surface area contributed by atoms with Crippen LogP contribution in [0.1, 0.15) is 5.56 Å². The molecule has 1 heterocycles. The molecule has 0 unspecified atom stereocenters. The summed E-state index contributed by atoms with van der Waals surface area (Å²) in [4.78, 5) is 13.0. The molecule has 1 aliphatic heterocycles. The van der Waals surface area contributed by atoms with Gasteiger partial charge in [0.2, 0.25) is 0 Å². The largest absolute Gasteiger partial charge is 0.491 e. The van der Waals surface area contributed by atoms with Crippen molar-refractivity contribution in [2.45, 2.75) is 12.7 Å². The minimum absolute atomic E-state index is 0.236. The molecule has 0 saturated heterocycles. The molecule has 1 aliphatic rings. The van der Waals surface area contributed by atoms with Crippen molar-refractivity contribution in [2.24, 2.45) is 0 Å². The highest BCUT2D eigenvalue weighted by molar-refractivity contribution is 5.74. The molecule has 0 fully saturated rings. The summed E-state index contributed by atoms with van der Waals surface area (Å²) in [5.74, 6) is 0.661. The van der Waals surface area contributed by atoms with Gasteiger partial charge < -0.3 is 15.0 Å². The zero-order valence-electron chi connectivity index (χ0n) is 10.0. The topological polar surface area (TPSA) is 41.6 Å². The molecule has 0 aromatic heterocycles. The van der Waals surface area contributed by atoms with Crippen LogP contribution >= 0.6 is 0 Å². The van der Waals surface area contributed by atoms with Crippen molar-refractivity contribution < 1.29 is 22.7 Å². The number of rotatable bonds is 1. The Morgan fingerprint density at radius 3 is 2.84 bits per heavy atom. The number of para-hydroxylation sites is 1. The van der Waals surface area contributed by atoms with E-state index in [0.29, 0.717) is 5.75 Å². The van der Waals surface area contributed by atoms with E-state index in [0.717, 1.165) is 5.56 Å². The van der Waals surface area contributed by atoms with Crippen molar-refractivity contribution in [1.82, 2.24) is 10.2 Å². The Morgan fingerprint density at radius 1 is 1.37 bits per heavy atom. The molecule has 0 radical (unpaired) electrons. The molecule has 4 nitrogen and oxygen atoms in total. The van der Waals surface area contributed by atoms with Crippen molar-refractivity contribution in [2.75, 3.05) is 19.7 Å². The lowest BCUT2D eigenvalue weighted by Crippen LogP contribution is -2.44. The zero-order chi connectivity index (χ0) is 13.9. The number of hydrogen-bond donors (Lipinski definition) is 1. The quantitative estimate of drug-likeness (QED) is 0.852. The molecular weight excluding hydrogens is 261 g/mol. The lowest BCUT2D eigenvalue weighted by molar-refractivity contribution is -0.123. The Hall–Kier alpha value is -1.92. The predicted molar refractivity (Wildman–Crippen MR) is 61.8 cm³/mol. The molecule has 0 aliphatic carbocycles. The van der Waals surface area contributed by atoms with Gasteiger partial charge in [-0.3, -0.25) is 0 Å². The van der Waals surface area contributed by atoms with Gasteiger partial charge >= 0.3 is 12.2 Å². The van der Waals surface area contributed by atoms with E-state index in [2.05, 4.69) is 0 Å². The summed E-state index contributed by atoms with van der Waals surface area (Å²) in [6, 6.07) is 6.41. The standard InChI is InChI=1S/C12H13F3N2O2/c13-12(14,15)8-16-11(18)17-5-6-19-10-4-2-1-3-9(10)7-17/h1-4H,5-8H2,(H,16,18). The fraction of sp³-hybridized carbons (Fsp3) is 0.417. The van der Waals surface area contributed by atoms with Gasteiger partial charge in [-0.15, -0.1) is 0 Å². The molecule has 7 heteroatoms. The predicted octanol–water partition coefficient (Wildman–Crippen LogP) is 2.15. The van der Waals surface area contributed by atoms with E-state index in [1.165, 1.54) is 4.90 Å². The van der Waals surface area contributed by atoms with Gasteiger partial charge in [-0.1, -0.05) is 18.2 Å². The Labute approximate surface area is 108 Å². The normalized spacial score (nSPS) is 15.2. The summed E-state index contributed by atoms with van der Waals surface area (Å²) < 4.78 is 41.6. The van der Waals surface area contributed by atoms with Crippen LogP contribution in [0.3, 0.4) is 0 Å². The number of fused-ring (bicyclic) bond motifs is 1. The molecular formula is C12H13F3N2O2. The van der Waals surface area contributed by atoms with Crippen molar-refractivity contribution >= 4 is 6.03 Å². The Morgan fingerprint density at radius 2 is 2.11 bits per heavy atom. The third-order valence-electron chi connectivity index (χ3n) is 2.68. The van der Waals surface area contributed by atoms with Crippen molar-refractivity contribution in [3.05, 3.63) is 29.8 Å². The lowest BCUT2D eigenvalue weighted by atomic mass is 10.2. The van der Waals surface area contributed by atoms with Crippen LogP contribution < -0.4 is 10.1 Å². The SMILES string of the molecule is O=C(NCC(F)(F)F)N1CCOc2ccccc2C1. The maximum atomic E-state index is 12.0. The number of nitrogens with one attached hydrogen (secondary N) is 1. The molecule has 0 atom stereocenters. The smallest absolute Gasteiger partial charge is 0.405 e. The van der Waals surface area contributed by atoms with Crippen molar-refractivity contribution in [3.63, 3.8) is 0 Å². The van der Waals surface area contributed by atoms with Crippen LogP contribution in [0.5, 0.6) is 5.75 Å². The first-order valence-corrected chi connectivity index (χ1v) is 5.76. The van der Waals surface area contributed by atoms with Gasteiger partial charge in [-0.25, -0.2) is 4.79 Å². The molecule has 1 aromatic rings. The fourth-order valence-corrected chi connectivity index (χ4v) is 1.79. The molecule has 1 aromatic carbocycles.